The zero-order valence-electron chi connectivity index (χ0n) is 10.4. The van der Waals surface area contributed by atoms with Gasteiger partial charge in [-0.3, -0.25) is 0 Å². The van der Waals surface area contributed by atoms with Gasteiger partial charge >= 0.3 is 0 Å². The van der Waals surface area contributed by atoms with Crippen LogP contribution in [-0.2, 0) is 0 Å². The van der Waals surface area contributed by atoms with Crippen LogP contribution in [0.3, 0.4) is 0 Å². The van der Waals surface area contributed by atoms with Crippen LogP contribution in [-0.4, -0.2) is 13.1 Å². The van der Waals surface area contributed by atoms with Gasteiger partial charge in [-0.25, -0.2) is 0 Å². The third-order valence-electron chi connectivity index (χ3n) is 3.17. The number of anilines is 1. The highest BCUT2D eigenvalue weighted by Gasteiger charge is 2.13. The molecule has 2 nitrogen and oxygen atoms in total. The van der Waals surface area contributed by atoms with Crippen molar-refractivity contribution < 1.29 is 0 Å². The lowest BCUT2D eigenvalue weighted by molar-refractivity contribution is 0.785. The largest absolute Gasteiger partial charge is 0.367 e. The molecule has 0 spiro atoms. The van der Waals surface area contributed by atoms with Crippen molar-refractivity contribution in [1.82, 2.24) is 0 Å². The Kier molecular flexibility index (Phi) is 3.89. The van der Waals surface area contributed by atoms with Crippen LogP contribution in [0.1, 0.15) is 31.9 Å². The molecule has 0 saturated heterocycles. The lowest BCUT2D eigenvalue weighted by atomic mass is 10.1. The third-order valence-corrected chi connectivity index (χ3v) is 3.86. The van der Waals surface area contributed by atoms with E-state index in [-0.39, 0.29) is 6.04 Å². The Bertz CT molecular complexity index is 438. The summed E-state index contributed by atoms with van der Waals surface area (Å²) in [6, 6.07) is 6.54. The summed E-state index contributed by atoms with van der Waals surface area (Å²) in [4.78, 5) is 2.41. The van der Waals surface area contributed by atoms with Crippen LogP contribution in [0, 0.1) is 0 Å². The molecule has 1 atom stereocenters. The summed E-state index contributed by atoms with van der Waals surface area (Å²) in [5.74, 6) is 0. The van der Waals surface area contributed by atoms with Gasteiger partial charge in [0.1, 0.15) is 0 Å². The van der Waals surface area contributed by atoms with Gasteiger partial charge < -0.3 is 10.6 Å². The zero-order valence-corrected chi connectivity index (χ0v) is 12.0. The first-order chi connectivity index (χ1) is 8.08. The summed E-state index contributed by atoms with van der Waals surface area (Å²) < 4.78 is 1.11. The number of hydrogen-bond acceptors (Lipinski definition) is 2. The van der Waals surface area contributed by atoms with Gasteiger partial charge in [-0.2, -0.15) is 0 Å². The summed E-state index contributed by atoms with van der Waals surface area (Å²) in [6.45, 7) is 6.33. The number of halogens is 1. The number of rotatable bonds is 2. The Labute approximate surface area is 112 Å². The van der Waals surface area contributed by atoms with Crippen molar-refractivity contribution in [2.75, 3.05) is 18.0 Å². The molecule has 1 aliphatic heterocycles. The van der Waals surface area contributed by atoms with Crippen LogP contribution in [0.2, 0.25) is 0 Å². The number of nitrogens with two attached hydrogens (primary N) is 1. The van der Waals surface area contributed by atoms with Gasteiger partial charge in [-0.15, -0.1) is 0 Å². The molecule has 1 aromatic rings. The Morgan fingerprint density at radius 3 is 2.76 bits per heavy atom. The lowest BCUT2D eigenvalue weighted by Gasteiger charge is -2.29. The van der Waals surface area contributed by atoms with Crippen molar-refractivity contribution in [2.24, 2.45) is 5.73 Å². The van der Waals surface area contributed by atoms with E-state index < -0.39 is 0 Å². The molecule has 3 heteroatoms. The van der Waals surface area contributed by atoms with Gasteiger partial charge in [0.2, 0.25) is 0 Å². The summed E-state index contributed by atoms with van der Waals surface area (Å²) in [6.07, 6.45) is 3.46. The predicted molar refractivity (Wildman–Crippen MR) is 77.3 cm³/mol. The molecule has 1 heterocycles. The van der Waals surface area contributed by atoms with Crippen molar-refractivity contribution in [3.63, 3.8) is 0 Å². The summed E-state index contributed by atoms with van der Waals surface area (Å²) in [5.41, 5.74) is 9.80. The molecule has 0 bridgehead atoms. The molecular formula is C14H19BrN2. The summed E-state index contributed by atoms with van der Waals surface area (Å²) in [5, 5.41) is 0. The number of hydrogen-bond donors (Lipinski definition) is 1. The Morgan fingerprint density at radius 1 is 1.41 bits per heavy atom. The molecule has 0 saturated carbocycles. The van der Waals surface area contributed by atoms with Crippen molar-refractivity contribution >= 4 is 21.6 Å². The Hall–Kier alpha value is -0.800. The van der Waals surface area contributed by atoms with Gasteiger partial charge in [-0.1, -0.05) is 33.6 Å². The molecule has 0 aromatic heterocycles. The molecule has 1 aliphatic rings. The molecule has 0 radical (unpaired) electrons. The molecule has 1 unspecified atom stereocenters. The van der Waals surface area contributed by atoms with Crippen LogP contribution in [0.25, 0.3) is 0 Å². The maximum Gasteiger partial charge on any atom is 0.0386 e. The van der Waals surface area contributed by atoms with Crippen molar-refractivity contribution in [2.45, 2.75) is 26.3 Å². The van der Waals surface area contributed by atoms with Crippen molar-refractivity contribution in [3.05, 3.63) is 39.9 Å². The van der Waals surface area contributed by atoms with Crippen LogP contribution in [0.4, 0.5) is 5.69 Å². The van der Waals surface area contributed by atoms with Gasteiger partial charge in [-0.05, 0) is 38.0 Å². The van der Waals surface area contributed by atoms with Crippen LogP contribution in [0.5, 0.6) is 0 Å². The lowest BCUT2D eigenvalue weighted by Crippen LogP contribution is -2.29. The fraction of sp³-hybridized carbons (Fsp3) is 0.429. The standard InChI is InChI=1S/C14H19BrN2/c1-10-4-3-7-17(9-10)12-5-6-13(11(2)16)14(15)8-12/h4-6,8,11H,3,7,9,16H2,1-2H3. The minimum Gasteiger partial charge on any atom is -0.367 e. The summed E-state index contributed by atoms with van der Waals surface area (Å²) >= 11 is 3.61. The average Bonchev–Trinajstić information content (AvgIpc) is 2.28. The second-order valence-electron chi connectivity index (χ2n) is 4.76. The number of benzene rings is 1. The smallest absolute Gasteiger partial charge is 0.0386 e. The fourth-order valence-corrected chi connectivity index (χ4v) is 2.94. The quantitative estimate of drug-likeness (QED) is 0.844. The van der Waals surface area contributed by atoms with E-state index in [1.54, 1.807) is 0 Å². The van der Waals surface area contributed by atoms with Crippen molar-refractivity contribution in [3.8, 4) is 0 Å². The second-order valence-corrected chi connectivity index (χ2v) is 5.61. The first kappa shape index (κ1) is 12.7. The maximum atomic E-state index is 5.91. The molecule has 0 amide bonds. The minimum absolute atomic E-state index is 0.0708. The SMILES string of the molecule is CC1=CCCN(c2ccc(C(C)N)c(Br)c2)C1. The average molecular weight is 295 g/mol. The molecule has 17 heavy (non-hydrogen) atoms. The predicted octanol–water partition coefficient (Wildman–Crippen LogP) is 3.63. The first-order valence-corrected chi connectivity index (χ1v) is 6.83. The van der Waals surface area contributed by atoms with E-state index in [1.165, 1.54) is 11.3 Å². The zero-order chi connectivity index (χ0) is 12.4. The van der Waals surface area contributed by atoms with E-state index in [0.29, 0.717) is 0 Å². The van der Waals surface area contributed by atoms with E-state index in [9.17, 15) is 0 Å². The van der Waals surface area contributed by atoms with E-state index in [2.05, 4.69) is 52.0 Å². The normalized spacial score (nSPS) is 17.9. The van der Waals surface area contributed by atoms with Gasteiger partial charge in [0.15, 0.2) is 0 Å². The molecule has 0 fully saturated rings. The highest BCUT2D eigenvalue weighted by molar-refractivity contribution is 9.10. The highest BCUT2D eigenvalue weighted by atomic mass is 79.9. The summed E-state index contributed by atoms with van der Waals surface area (Å²) in [7, 11) is 0. The Balaban J connectivity index is 2.23. The molecule has 0 aliphatic carbocycles. The molecular weight excluding hydrogens is 276 g/mol. The molecule has 2 N–H and O–H groups in total. The van der Waals surface area contributed by atoms with Gasteiger partial charge in [0, 0.05) is 29.3 Å². The van der Waals surface area contributed by atoms with E-state index in [0.717, 1.165) is 29.5 Å². The molecule has 92 valence electrons. The monoisotopic (exact) mass is 294 g/mol. The van der Waals surface area contributed by atoms with E-state index >= 15 is 0 Å². The molecule has 1 aromatic carbocycles. The molecule has 2 rings (SSSR count). The highest BCUT2D eigenvalue weighted by Crippen LogP contribution is 2.28. The van der Waals surface area contributed by atoms with E-state index in [4.69, 9.17) is 5.73 Å². The second kappa shape index (κ2) is 5.23. The maximum absolute atomic E-state index is 5.91. The van der Waals surface area contributed by atoms with Crippen LogP contribution in [0.15, 0.2) is 34.3 Å². The first-order valence-electron chi connectivity index (χ1n) is 6.03. The minimum atomic E-state index is 0.0708. The Morgan fingerprint density at radius 2 is 2.18 bits per heavy atom. The van der Waals surface area contributed by atoms with Crippen LogP contribution < -0.4 is 10.6 Å². The van der Waals surface area contributed by atoms with Crippen molar-refractivity contribution in [1.29, 1.82) is 0 Å². The van der Waals surface area contributed by atoms with E-state index in [1.807, 2.05) is 6.92 Å². The number of nitrogens with zero attached hydrogens (tertiary/aromatic N) is 1. The third kappa shape index (κ3) is 2.90. The van der Waals surface area contributed by atoms with Crippen LogP contribution >= 0.6 is 15.9 Å². The fourth-order valence-electron chi connectivity index (χ4n) is 2.21. The van der Waals surface area contributed by atoms with Gasteiger partial charge in [0.25, 0.3) is 0 Å². The van der Waals surface area contributed by atoms with Gasteiger partial charge in [0.05, 0.1) is 0 Å². The topological polar surface area (TPSA) is 29.3 Å².